The molecule has 2 aromatic carbocycles. The summed E-state index contributed by atoms with van der Waals surface area (Å²) in [5.41, 5.74) is 5.24. The molecule has 0 radical (unpaired) electrons. The highest BCUT2D eigenvalue weighted by molar-refractivity contribution is 6.08. The van der Waals surface area contributed by atoms with E-state index in [1.807, 2.05) is 56.3 Å². The molecule has 0 spiro atoms. The molecule has 0 aliphatic rings. The van der Waals surface area contributed by atoms with E-state index in [4.69, 9.17) is 0 Å². The van der Waals surface area contributed by atoms with E-state index in [1.54, 1.807) is 6.07 Å². The van der Waals surface area contributed by atoms with Crippen LogP contribution in [0.4, 0.5) is 11.4 Å². The lowest BCUT2D eigenvalue weighted by Crippen LogP contribution is -2.18. The fourth-order valence-corrected chi connectivity index (χ4v) is 3.06. The summed E-state index contributed by atoms with van der Waals surface area (Å²) < 4.78 is 0. The summed E-state index contributed by atoms with van der Waals surface area (Å²) in [7, 11) is 0. The number of nitrogens with one attached hydrogen (secondary N) is 2. The van der Waals surface area contributed by atoms with Crippen molar-refractivity contribution in [1.29, 1.82) is 0 Å². The van der Waals surface area contributed by atoms with Gasteiger partial charge in [0.05, 0.1) is 0 Å². The smallest absolute Gasteiger partial charge is 0.274 e. The number of pyridine rings is 1. The highest BCUT2D eigenvalue weighted by Crippen LogP contribution is 2.27. The van der Waals surface area contributed by atoms with Gasteiger partial charge in [0.25, 0.3) is 11.8 Å². The first kappa shape index (κ1) is 20.3. The molecule has 0 fully saturated rings. The number of hydrogen-bond donors (Lipinski definition) is 2. The summed E-state index contributed by atoms with van der Waals surface area (Å²) in [6, 6.07) is 16.6. The van der Waals surface area contributed by atoms with Crippen molar-refractivity contribution in [2.75, 3.05) is 10.6 Å². The van der Waals surface area contributed by atoms with Gasteiger partial charge in [0.15, 0.2) is 0 Å². The number of rotatable bonds is 5. The van der Waals surface area contributed by atoms with E-state index in [-0.39, 0.29) is 23.4 Å². The fraction of sp³-hybridized carbons (Fsp3) is 0.208. The van der Waals surface area contributed by atoms with Crippen LogP contribution in [0.3, 0.4) is 0 Å². The van der Waals surface area contributed by atoms with Crippen LogP contribution in [0.1, 0.15) is 57.3 Å². The first-order chi connectivity index (χ1) is 13.8. The summed E-state index contributed by atoms with van der Waals surface area (Å²) in [4.78, 5) is 29.5. The normalized spacial score (nSPS) is 10.7. The van der Waals surface area contributed by atoms with E-state index in [9.17, 15) is 9.59 Å². The predicted molar refractivity (Wildman–Crippen MR) is 117 cm³/mol. The molecule has 0 atom stereocenters. The van der Waals surface area contributed by atoms with E-state index < -0.39 is 0 Å². The van der Waals surface area contributed by atoms with E-state index >= 15 is 0 Å². The van der Waals surface area contributed by atoms with Crippen molar-refractivity contribution in [3.05, 3.63) is 88.7 Å². The summed E-state index contributed by atoms with van der Waals surface area (Å²) in [5.74, 6) is -0.353. The second-order valence-corrected chi connectivity index (χ2v) is 7.40. The van der Waals surface area contributed by atoms with E-state index in [1.165, 1.54) is 12.3 Å². The van der Waals surface area contributed by atoms with Gasteiger partial charge < -0.3 is 10.6 Å². The van der Waals surface area contributed by atoms with Gasteiger partial charge in [-0.1, -0.05) is 49.7 Å². The van der Waals surface area contributed by atoms with Crippen LogP contribution in [-0.2, 0) is 0 Å². The van der Waals surface area contributed by atoms with Crippen molar-refractivity contribution in [1.82, 2.24) is 4.98 Å². The number of carbonyl (C=O) groups excluding carboxylic acids is 2. The lowest BCUT2D eigenvalue weighted by atomic mass is 9.98. The van der Waals surface area contributed by atoms with Crippen molar-refractivity contribution in [2.45, 2.75) is 33.6 Å². The maximum atomic E-state index is 12.8. The SMILES string of the molecule is Cc1ccc(NC(=O)c2cc(C(=O)Nc3c(C)cccc3C(C)C)ccn2)cc1. The molecule has 0 aliphatic heterocycles. The molecule has 2 amide bonds. The molecule has 0 unspecified atom stereocenters. The Morgan fingerprint density at radius 3 is 2.31 bits per heavy atom. The van der Waals surface area contributed by atoms with Crippen molar-refractivity contribution in [3.8, 4) is 0 Å². The average molecular weight is 387 g/mol. The van der Waals surface area contributed by atoms with Crippen LogP contribution in [0.2, 0.25) is 0 Å². The van der Waals surface area contributed by atoms with Gasteiger partial charge in [-0.3, -0.25) is 14.6 Å². The minimum atomic E-state index is -0.359. The number of carbonyl (C=O) groups is 2. The highest BCUT2D eigenvalue weighted by atomic mass is 16.2. The molecule has 29 heavy (non-hydrogen) atoms. The minimum absolute atomic E-state index is 0.187. The number of anilines is 2. The van der Waals surface area contributed by atoms with Crippen molar-refractivity contribution >= 4 is 23.2 Å². The van der Waals surface area contributed by atoms with Crippen LogP contribution < -0.4 is 10.6 Å². The average Bonchev–Trinajstić information content (AvgIpc) is 2.71. The van der Waals surface area contributed by atoms with Crippen LogP contribution in [0.25, 0.3) is 0 Å². The zero-order valence-electron chi connectivity index (χ0n) is 17.1. The van der Waals surface area contributed by atoms with Crippen LogP contribution >= 0.6 is 0 Å². The molecule has 1 heterocycles. The largest absolute Gasteiger partial charge is 0.321 e. The van der Waals surface area contributed by atoms with Crippen molar-refractivity contribution in [3.63, 3.8) is 0 Å². The number of benzene rings is 2. The lowest BCUT2D eigenvalue weighted by Gasteiger charge is -2.16. The van der Waals surface area contributed by atoms with Crippen LogP contribution in [0.15, 0.2) is 60.8 Å². The molecule has 3 rings (SSSR count). The molecule has 0 bridgehead atoms. The Morgan fingerprint density at radius 1 is 0.897 bits per heavy atom. The molecule has 148 valence electrons. The van der Waals surface area contributed by atoms with Crippen LogP contribution in [0.5, 0.6) is 0 Å². The summed E-state index contributed by atoms with van der Waals surface area (Å²) >= 11 is 0. The number of hydrogen-bond acceptors (Lipinski definition) is 3. The molecule has 5 heteroatoms. The third-order valence-corrected chi connectivity index (χ3v) is 4.73. The Bertz CT molecular complexity index is 1040. The van der Waals surface area contributed by atoms with Gasteiger partial charge in [-0.05, 0) is 55.2 Å². The number of amides is 2. The third kappa shape index (κ3) is 4.88. The Kier molecular flexibility index (Phi) is 6.07. The molecule has 0 saturated heterocycles. The number of aromatic nitrogens is 1. The van der Waals surface area contributed by atoms with Gasteiger partial charge in [0.2, 0.25) is 0 Å². The Morgan fingerprint density at radius 2 is 1.62 bits per heavy atom. The van der Waals surface area contributed by atoms with Gasteiger partial charge in [-0.15, -0.1) is 0 Å². The minimum Gasteiger partial charge on any atom is -0.321 e. The second-order valence-electron chi connectivity index (χ2n) is 7.40. The maximum absolute atomic E-state index is 12.8. The summed E-state index contributed by atoms with van der Waals surface area (Å²) in [6.45, 7) is 8.12. The maximum Gasteiger partial charge on any atom is 0.274 e. The van der Waals surface area contributed by atoms with Gasteiger partial charge in [0, 0.05) is 23.1 Å². The predicted octanol–water partition coefficient (Wildman–Crippen LogP) is 5.33. The molecule has 1 aromatic heterocycles. The second kappa shape index (κ2) is 8.69. The fourth-order valence-electron chi connectivity index (χ4n) is 3.06. The van der Waals surface area contributed by atoms with Crippen LogP contribution in [0, 0.1) is 13.8 Å². The zero-order chi connectivity index (χ0) is 21.0. The molecule has 5 nitrogen and oxygen atoms in total. The molecule has 3 aromatic rings. The van der Waals surface area contributed by atoms with E-state index in [0.29, 0.717) is 11.3 Å². The number of nitrogens with zero attached hydrogens (tertiary/aromatic N) is 1. The van der Waals surface area contributed by atoms with Gasteiger partial charge >= 0.3 is 0 Å². The van der Waals surface area contributed by atoms with Crippen molar-refractivity contribution < 1.29 is 9.59 Å². The first-order valence-corrected chi connectivity index (χ1v) is 9.60. The lowest BCUT2D eigenvalue weighted by molar-refractivity contribution is 0.102. The molecular formula is C24H25N3O2. The van der Waals surface area contributed by atoms with E-state index in [0.717, 1.165) is 22.4 Å². The summed E-state index contributed by atoms with van der Waals surface area (Å²) in [6.07, 6.45) is 1.47. The third-order valence-electron chi connectivity index (χ3n) is 4.73. The van der Waals surface area contributed by atoms with E-state index in [2.05, 4.69) is 29.5 Å². The topological polar surface area (TPSA) is 71.1 Å². The Labute approximate surface area is 171 Å². The van der Waals surface area contributed by atoms with Crippen molar-refractivity contribution in [2.24, 2.45) is 0 Å². The molecule has 2 N–H and O–H groups in total. The van der Waals surface area contributed by atoms with Gasteiger partial charge in [-0.25, -0.2) is 0 Å². The number of aryl methyl sites for hydroxylation is 2. The Hall–Kier alpha value is -3.47. The molecule has 0 saturated carbocycles. The quantitative estimate of drug-likeness (QED) is 0.622. The molecule has 0 aliphatic carbocycles. The van der Waals surface area contributed by atoms with Gasteiger partial charge in [-0.2, -0.15) is 0 Å². The first-order valence-electron chi connectivity index (χ1n) is 9.60. The zero-order valence-corrected chi connectivity index (χ0v) is 17.1. The van der Waals surface area contributed by atoms with Crippen LogP contribution in [-0.4, -0.2) is 16.8 Å². The number of para-hydroxylation sites is 1. The standard InChI is InChI=1S/C24H25N3O2/c1-15(2)20-7-5-6-17(4)22(20)27-23(28)18-12-13-25-21(14-18)24(29)26-19-10-8-16(3)9-11-19/h5-15H,1-4H3,(H,26,29)(H,27,28). The Balaban J connectivity index is 1.80. The molecular weight excluding hydrogens is 362 g/mol. The summed E-state index contributed by atoms with van der Waals surface area (Å²) in [5, 5.41) is 5.80. The van der Waals surface area contributed by atoms with Gasteiger partial charge in [0.1, 0.15) is 5.69 Å². The highest BCUT2D eigenvalue weighted by Gasteiger charge is 2.16. The monoisotopic (exact) mass is 387 g/mol.